The second-order valence-corrected chi connectivity index (χ2v) is 6.79. The summed E-state index contributed by atoms with van der Waals surface area (Å²) >= 11 is 0. The smallest absolute Gasteiger partial charge is 0.255 e. The number of amides is 2. The minimum atomic E-state index is -0.224. The van der Waals surface area contributed by atoms with Gasteiger partial charge in [-0.15, -0.1) is 0 Å². The van der Waals surface area contributed by atoms with Crippen LogP contribution in [0.4, 0.5) is 5.69 Å². The van der Waals surface area contributed by atoms with Crippen LogP contribution in [-0.2, 0) is 0 Å². The molecule has 6 heteroatoms. The molecule has 2 amide bonds. The lowest BCUT2D eigenvalue weighted by atomic mass is 10.1. The molecule has 1 saturated carbocycles. The van der Waals surface area contributed by atoms with E-state index in [0.717, 1.165) is 24.1 Å². The zero-order valence-corrected chi connectivity index (χ0v) is 15.0. The van der Waals surface area contributed by atoms with E-state index in [1.165, 1.54) is 0 Å². The van der Waals surface area contributed by atoms with Gasteiger partial charge in [-0.05, 0) is 67.8 Å². The molecule has 1 aromatic heterocycles. The molecular formula is C21H20N4O2. The van der Waals surface area contributed by atoms with Crippen LogP contribution < -0.4 is 10.6 Å². The van der Waals surface area contributed by atoms with Crippen LogP contribution in [0.3, 0.4) is 0 Å². The Balaban J connectivity index is 1.44. The van der Waals surface area contributed by atoms with E-state index in [-0.39, 0.29) is 11.8 Å². The molecule has 2 aromatic carbocycles. The number of carbonyl (C=O) groups excluding carboxylic acids is 2. The van der Waals surface area contributed by atoms with E-state index in [1.54, 1.807) is 47.3 Å². The van der Waals surface area contributed by atoms with Crippen molar-refractivity contribution in [2.45, 2.75) is 25.8 Å². The van der Waals surface area contributed by atoms with Crippen molar-refractivity contribution in [2.75, 3.05) is 5.32 Å². The van der Waals surface area contributed by atoms with E-state index in [1.807, 2.05) is 25.3 Å². The fraction of sp³-hybridized carbons (Fsp3) is 0.190. The molecule has 27 heavy (non-hydrogen) atoms. The number of nitrogens with one attached hydrogen (secondary N) is 2. The van der Waals surface area contributed by atoms with Crippen LogP contribution in [0.1, 0.15) is 39.1 Å². The molecule has 4 rings (SSSR count). The Kier molecular flexibility index (Phi) is 4.46. The SMILES string of the molecule is Cc1cnn(-c2ccc(C(=O)Nc3cccc(C(=O)NC4CC4)c3)cc2)c1. The highest BCUT2D eigenvalue weighted by molar-refractivity contribution is 6.05. The van der Waals surface area contributed by atoms with Crippen LogP contribution in [-0.4, -0.2) is 27.6 Å². The second kappa shape index (κ2) is 7.07. The van der Waals surface area contributed by atoms with Crippen LogP contribution >= 0.6 is 0 Å². The summed E-state index contributed by atoms with van der Waals surface area (Å²) in [5, 5.41) is 10.0. The van der Waals surface area contributed by atoms with Gasteiger partial charge in [0.15, 0.2) is 0 Å². The zero-order valence-electron chi connectivity index (χ0n) is 15.0. The van der Waals surface area contributed by atoms with Crippen molar-refractivity contribution in [1.29, 1.82) is 0 Å². The molecule has 1 aliphatic carbocycles. The minimum Gasteiger partial charge on any atom is -0.349 e. The van der Waals surface area contributed by atoms with Crippen molar-refractivity contribution in [3.05, 3.63) is 77.6 Å². The normalized spacial score (nSPS) is 13.2. The predicted octanol–water partition coefficient (Wildman–Crippen LogP) is 3.33. The number of carbonyl (C=O) groups is 2. The van der Waals surface area contributed by atoms with Crippen molar-refractivity contribution in [2.24, 2.45) is 0 Å². The van der Waals surface area contributed by atoms with E-state index >= 15 is 0 Å². The highest BCUT2D eigenvalue weighted by atomic mass is 16.2. The Bertz CT molecular complexity index is 987. The van der Waals surface area contributed by atoms with Gasteiger partial charge >= 0.3 is 0 Å². The van der Waals surface area contributed by atoms with Crippen molar-refractivity contribution < 1.29 is 9.59 Å². The number of benzene rings is 2. The Labute approximate surface area is 157 Å². The molecule has 1 fully saturated rings. The molecule has 3 aromatic rings. The highest BCUT2D eigenvalue weighted by Crippen LogP contribution is 2.20. The number of aryl methyl sites for hydroxylation is 1. The highest BCUT2D eigenvalue weighted by Gasteiger charge is 2.23. The molecule has 0 aliphatic heterocycles. The summed E-state index contributed by atoms with van der Waals surface area (Å²) in [5.41, 5.74) is 3.63. The molecule has 0 unspecified atom stereocenters. The van der Waals surface area contributed by atoms with Gasteiger partial charge in [0, 0.05) is 29.1 Å². The number of anilines is 1. The van der Waals surface area contributed by atoms with Crippen molar-refractivity contribution >= 4 is 17.5 Å². The Morgan fingerprint density at radius 3 is 2.48 bits per heavy atom. The second-order valence-electron chi connectivity index (χ2n) is 6.79. The van der Waals surface area contributed by atoms with Gasteiger partial charge in [0.05, 0.1) is 11.9 Å². The van der Waals surface area contributed by atoms with E-state index < -0.39 is 0 Å². The monoisotopic (exact) mass is 360 g/mol. The van der Waals surface area contributed by atoms with E-state index in [2.05, 4.69) is 15.7 Å². The summed E-state index contributed by atoms with van der Waals surface area (Å²) in [6, 6.07) is 14.5. The predicted molar refractivity (Wildman–Crippen MR) is 103 cm³/mol. The number of rotatable bonds is 5. The number of aromatic nitrogens is 2. The molecule has 0 saturated heterocycles. The lowest BCUT2D eigenvalue weighted by molar-refractivity contribution is 0.0949. The molecule has 1 aliphatic rings. The molecule has 1 heterocycles. The van der Waals surface area contributed by atoms with Crippen LogP contribution in [0.2, 0.25) is 0 Å². The van der Waals surface area contributed by atoms with Gasteiger partial charge < -0.3 is 10.6 Å². The van der Waals surface area contributed by atoms with E-state index in [4.69, 9.17) is 0 Å². The fourth-order valence-corrected chi connectivity index (χ4v) is 2.76. The topological polar surface area (TPSA) is 76.0 Å². The largest absolute Gasteiger partial charge is 0.349 e. The van der Waals surface area contributed by atoms with Crippen LogP contribution in [0.15, 0.2) is 60.9 Å². The van der Waals surface area contributed by atoms with Crippen LogP contribution in [0, 0.1) is 6.92 Å². The van der Waals surface area contributed by atoms with Crippen molar-refractivity contribution in [3.8, 4) is 5.69 Å². The first-order valence-corrected chi connectivity index (χ1v) is 8.92. The van der Waals surface area contributed by atoms with Gasteiger partial charge in [-0.3, -0.25) is 9.59 Å². The maximum Gasteiger partial charge on any atom is 0.255 e. The molecule has 0 spiro atoms. The van der Waals surface area contributed by atoms with E-state index in [0.29, 0.717) is 22.9 Å². The fourth-order valence-electron chi connectivity index (χ4n) is 2.76. The number of nitrogens with zero attached hydrogens (tertiary/aromatic N) is 2. The molecule has 6 nitrogen and oxygen atoms in total. The summed E-state index contributed by atoms with van der Waals surface area (Å²) < 4.78 is 1.76. The van der Waals surface area contributed by atoms with Crippen LogP contribution in [0.5, 0.6) is 0 Å². The van der Waals surface area contributed by atoms with Gasteiger partial charge in [0.2, 0.25) is 0 Å². The van der Waals surface area contributed by atoms with Crippen molar-refractivity contribution in [1.82, 2.24) is 15.1 Å². The maximum absolute atomic E-state index is 12.5. The molecule has 0 atom stereocenters. The maximum atomic E-state index is 12.5. The lowest BCUT2D eigenvalue weighted by Crippen LogP contribution is -2.25. The van der Waals surface area contributed by atoms with Gasteiger partial charge in [0.1, 0.15) is 0 Å². The molecule has 2 N–H and O–H groups in total. The summed E-state index contributed by atoms with van der Waals surface area (Å²) in [4.78, 5) is 24.6. The number of hydrogen-bond donors (Lipinski definition) is 2. The van der Waals surface area contributed by atoms with Gasteiger partial charge in [0.25, 0.3) is 11.8 Å². The quantitative estimate of drug-likeness (QED) is 0.733. The van der Waals surface area contributed by atoms with Gasteiger partial charge in [-0.2, -0.15) is 5.10 Å². The standard InChI is InChI=1S/C21H20N4O2/c1-14-12-22-25(13-14)19-9-5-15(6-10-19)20(26)24-18-4-2-3-16(11-18)21(27)23-17-7-8-17/h2-6,9-13,17H,7-8H2,1H3,(H,23,27)(H,24,26). The summed E-state index contributed by atoms with van der Waals surface area (Å²) in [7, 11) is 0. The first-order valence-electron chi connectivity index (χ1n) is 8.92. The lowest BCUT2D eigenvalue weighted by Gasteiger charge is -2.09. The molecule has 136 valence electrons. The average molecular weight is 360 g/mol. The molecule has 0 bridgehead atoms. The first kappa shape index (κ1) is 17.0. The summed E-state index contributed by atoms with van der Waals surface area (Å²) in [6.07, 6.45) is 5.78. The Morgan fingerprint density at radius 2 is 1.81 bits per heavy atom. The van der Waals surface area contributed by atoms with E-state index in [9.17, 15) is 9.59 Å². The Morgan fingerprint density at radius 1 is 1.04 bits per heavy atom. The third kappa shape index (κ3) is 4.06. The number of hydrogen-bond acceptors (Lipinski definition) is 3. The van der Waals surface area contributed by atoms with Crippen LogP contribution in [0.25, 0.3) is 5.69 Å². The first-order chi connectivity index (χ1) is 13.1. The third-order valence-corrected chi connectivity index (χ3v) is 4.40. The minimum absolute atomic E-state index is 0.104. The molecular weight excluding hydrogens is 340 g/mol. The van der Waals surface area contributed by atoms with Gasteiger partial charge in [-0.1, -0.05) is 6.07 Å². The van der Waals surface area contributed by atoms with Crippen molar-refractivity contribution in [3.63, 3.8) is 0 Å². The van der Waals surface area contributed by atoms with Gasteiger partial charge in [-0.25, -0.2) is 4.68 Å². The third-order valence-electron chi connectivity index (χ3n) is 4.40. The zero-order chi connectivity index (χ0) is 18.8. The summed E-state index contributed by atoms with van der Waals surface area (Å²) in [6.45, 7) is 1.98. The molecule has 0 radical (unpaired) electrons. The summed E-state index contributed by atoms with van der Waals surface area (Å²) in [5.74, 6) is -0.328. The average Bonchev–Trinajstić information content (AvgIpc) is 3.39. The Hall–Kier alpha value is -3.41.